The van der Waals surface area contributed by atoms with Crippen LogP contribution >= 0.6 is 0 Å². The number of nitrogens with one attached hydrogen (secondary N) is 2. The second-order valence-corrected chi connectivity index (χ2v) is 5.89. The van der Waals surface area contributed by atoms with E-state index in [1.54, 1.807) is 48.5 Å². The topological polar surface area (TPSA) is 61.4 Å². The molecule has 0 aliphatic heterocycles. The number of carbonyl (C=O) groups is 1. The van der Waals surface area contributed by atoms with Crippen LogP contribution in [0.15, 0.2) is 84.9 Å². The largest absolute Gasteiger partial charge is 0.372 e. The second-order valence-electron chi connectivity index (χ2n) is 5.89. The number of benzene rings is 3. The number of aryl methyl sites for hydroxylation is 1. The summed E-state index contributed by atoms with van der Waals surface area (Å²) in [5.74, 6) is -0.550. The van der Waals surface area contributed by atoms with Gasteiger partial charge in [-0.1, -0.05) is 78.4 Å². The maximum Gasteiger partial charge on any atom is 0.279 e. The van der Waals surface area contributed by atoms with Crippen LogP contribution in [0.1, 0.15) is 16.7 Å². The van der Waals surface area contributed by atoms with Crippen molar-refractivity contribution in [3.63, 3.8) is 0 Å². The number of rotatable bonds is 5. The van der Waals surface area contributed by atoms with Crippen LogP contribution in [0.5, 0.6) is 0 Å². The summed E-state index contributed by atoms with van der Waals surface area (Å²) >= 11 is 0. The smallest absolute Gasteiger partial charge is 0.279 e. The molecular weight excluding hydrogens is 312 g/mol. The maximum atomic E-state index is 12.9. The molecule has 0 heterocycles. The number of hydrogen-bond acceptors (Lipinski definition) is 3. The van der Waals surface area contributed by atoms with E-state index in [2.05, 4.69) is 10.9 Å². The van der Waals surface area contributed by atoms with Crippen LogP contribution in [0.2, 0.25) is 0 Å². The Labute approximate surface area is 147 Å². The Morgan fingerprint density at radius 3 is 1.76 bits per heavy atom. The van der Waals surface area contributed by atoms with Gasteiger partial charge < -0.3 is 5.11 Å². The van der Waals surface area contributed by atoms with Crippen molar-refractivity contribution < 1.29 is 9.90 Å². The third-order valence-electron chi connectivity index (χ3n) is 4.08. The quantitative estimate of drug-likeness (QED) is 0.628. The Morgan fingerprint density at radius 1 is 0.800 bits per heavy atom. The molecule has 0 saturated heterocycles. The Hall–Kier alpha value is -3.11. The van der Waals surface area contributed by atoms with Crippen LogP contribution in [0.4, 0.5) is 5.69 Å². The second kappa shape index (κ2) is 7.20. The van der Waals surface area contributed by atoms with Gasteiger partial charge >= 0.3 is 0 Å². The molecule has 0 unspecified atom stereocenters. The highest BCUT2D eigenvalue weighted by Gasteiger charge is 2.39. The fourth-order valence-electron chi connectivity index (χ4n) is 2.64. The van der Waals surface area contributed by atoms with Gasteiger partial charge in [0.05, 0.1) is 5.69 Å². The minimum absolute atomic E-state index is 0.504. The molecule has 0 saturated carbocycles. The third-order valence-corrected chi connectivity index (χ3v) is 4.08. The fraction of sp³-hybridized carbons (Fsp3) is 0.0952. The molecule has 0 aliphatic rings. The average Bonchev–Trinajstić information content (AvgIpc) is 2.68. The molecule has 0 bridgehead atoms. The number of aliphatic hydroxyl groups is 1. The molecule has 0 spiro atoms. The summed E-state index contributed by atoms with van der Waals surface area (Å²) in [6.07, 6.45) is 0. The van der Waals surface area contributed by atoms with Gasteiger partial charge in [0.1, 0.15) is 0 Å². The molecule has 1 amide bonds. The van der Waals surface area contributed by atoms with Crippen LogP contribution in [0.3, 0.4) is 0 Å². The van der Waals surface area contributed by atoms with E-state index in [9.17, 15) is 9.90 Å². The zero-order valence-corrected chi connectivity index (χ0v) is 13.9. The number of hydrogen-bond donors (Lipinski definition) is 3. The summed E-state index contributed by atoms with van der Waals surface area (Å²) in [6.45, 7) is 1.99. The molecule has 25 heavy (non-hydrogen) atoms. The lowest BCUT2D eigenvalue weighted by Gasteiger charge is -2.28. The third kappa shape index (κ3) is 3.54. The number of hydrazine groups is 1. The van der Waals surface area contributed by atoms with Gasteiger partial charge in [-0.25, -0.2) is 0 Å². The minimum atomic E-state index is -1.79. The number of carbonyl (C=O) groups excluding carboxylic acids is 1. The van der Waals surface area contributed by atoms with E-state index in [1.165, 1.54) is 0 Å². The highest BCUT2D eigenvalue weighted by atomic mass is 16.3. The normalized spacial score (nSPS) is 11.0. The summed E-state index contributed by atoms with van der Waals surface area (Å²) in [6, 6.07) is 25.4. The molecule has 0 radical (unpaired) electrons. The lowest BCUT2D eigenvalue weighted by atomic mass is 9.85. The zero-order valence-electron chi connectivity index (χ0n) is 13.9. The number of anilines is 1. The summed E-state index contributed by atoms with van der Waals surface area (Å²) in [7, 11) is 0. The van der Waals surface area contributed by atoms with Crippen LogP contribution in [-0.2, 0) is 10.4 Å². The summed E-state index contributed by atoms with van der Waals surface area (Å²) in [4.78, 5) is 12.9. The minimum Gasteiger partial charge on any atom is -0.372 e. The molecule has 3 aromatic rings. The summed E-state index contributed by atoms with van der Waals surface area (Å²) in [5.41, 5.74) is 6.56. The van der Waals surface area contributed by atoms with E-state index >= 15 is 0 Å². The lowest BCUT2D eigenvalue weighted by molar-refractivity contribution is -0.136. The molecule has 4 heteroatoms. The molecule has 3 rings (SSSR count). The molecular formula is C21H20N2O2. The van der Waals surface area contributed by atoms with Gasteiger partial charge in [0.15, 0.2) is 5.60 Å². The van der Waals surface area contributed by atoms with E-state index in [4.69, 9.17) is 0 Å². The Bertz CT molecular complexity index is 791. The zero-order chi connectivity index (χ0) is 17.7. The van der Waals surface area contributed by atoms with Gasteiger partial charge in [0, 0.05) is 0 Å². The van der Waals surface area contributed by atoms with Crippen molar-refractivity contribution in [2.24, 2.45) is 0 Å². The van der Waals surface area contributed by atoms with Crippen molar-refractivity contribution in [1.82, 2.24) is 5.43 Å². The average molecular weight is 332 g/mol. The summed E-state index contributed by atoms with van der Waals surface area (Å²) < 4.78 is 0. The Kier molecular flexibility index (Phi) is 4.82. The first-order chi connectivity index (χ1) is 12.1. The molecule has 0 aliphatic carbocycles. The lowest BCUT2D eigenvalue weighted by Crippen LogP contribution is -2.47. The highest BCUT2D eigenvalue weighted by Crippen LogP contribution is 2.29. The molecule has 0 fully saturated rings. The summed E-state index contributed by atoms with van der Waals surface area (Å²) in [5, 5.41) is 11.3. The van der Waals surface area contributed by atoms with Gasteiger partial charge in [-0.2, -0.15) is 0 Å². The van der Waals surface area contributed by atoms with Gasteiger partial charge in [-0.3, -0.25) is 15.6 Å². The van der Waals surface area contributed by atoms with Crippen molar-refractivity contribution >= 4 is 11.6 Å². The number of amides is 1. The highest BCUT2D eigenvalue weighted by molar-refractivity contribution is 5.90. The van der Waals surface area contributed by atoms with Gasteiger partial charge in [-0.05, 0) is 30.2 Å². The van der Waals surface area contributed by atoms with Crippen LogP contribution in [-0.4, -0.2) is 11.0 Å². The van der Waals surface area contributed by atoms with E-state index in [-0.39, 0.29) is 0 Å². The monoisotopic (exact) mass is 332 g/mol. The molecule has 126 valence electrons. The SMILES string of the molecule is Cc1ccc(NNC(=O)C(O)(c2ccccc2)c2ccccc2)cc1. The fourth-order valence-corrected chi connectivity index (χ4v) is 2.64. The first kappa shape index (κ1) is 16.7. The molecule has 3 N–H and O–H groups in total. The van der Waals surface area contributed by atoms with E-state index in [1.807, 2.05) is 43.3 Å². The van der Waals surface area contributed by atoms with Crippen molar-refractivity contribution in [3.05, 3.63) is 102 Å². The Balaban J connectivity index is 1.89. The molecule has 3 aromatic carbocycles. The standard InChI is InChI=1S/C21H20N2O2/c1-16-12-14-19(15-13-16)22-23-20(24)21(25,17-8-4-2-5-9-17)18-10-6-3-7-11-18/h2-15,22,25H,1H3,(H,23,24). The maximum absolute atomic E-state index is 12.9. The van der Waals surface area contributed by atoms with E-state index in [0.29, 0.717) is 11.1 Å². The van der Waals surface area contributed by atoms with Crippen molar-refractivity contribution in [2.75, 3.05) is 5.43 Å². The molecule has 4 nitrogen and oxygen atoms in total. The van der Waals surface area contributed by atoms with Crippen LogP contribution in [0, 0.1) is 6.92 Å². The van der Waals surface area contributed by atoms with Gasteiger partial charge in [-0.15, -0.1) is 0 Å². The van der Waals surface area contributed by atoms with E-state index < -0.39 is 11.5 Å². The van der Waals surface area contributed by atoms with Crippen molar-refractivity contribution in [2.45, 2.75) is 12.5 Å². The van der Waals surface area contributed by atoms with Gasteiger partial charge in [0.2, 0.25) is 0 Å². The molecule has 0 aromatic heterocycles. The molecule has 0 atom stereocenters. The first-order valence-corrected chi connectivity index (χ1v) is 8.07. The Morgan fingerprint density at radius 2 is 1.28 bits per heavy atom. The van der Waals surface area contributed by atoms with Gasteiger partial charge in [0.25, 0.3) is 5.91 Å². The van der Waals surface area contributed by atoms with Crippen molar-refractivity contribution in [3.8, 4) is 0 Å². The first-order valence-electron chi connectivity index (χ1n) is 8.07. The van der Waals surface area contributed by atoms with Crippen LogP contribution < -0.4 is 10.9 Å². The van der Waals surface area contributed by atoms with Crippen molar-refractivity contribution in [1.29, 1.82) is 0 Å². The van der Waals surface area contributed by atoms with E-state index in [0.717, 1.165) is 11.3 Å². The predicted molar refractivity (Wildman–Crippen MR) is 98.8 cm³/mol. The predicted octanol–water partition coefficient (Wildman–Crippen LogP) is 3.37. The van der Waals surface area contributed by atoms with Crippen LogP contribution in [0.25, 0.3) is 0 Å².